The van der Waals surface area contributed by atoms with Gasteiger partial charge in [0.25, 0.3) is 0 Å². The summed E-state index contributed by atoms with van der Waals surface area (Å²) < 4.78 is 5.81. The molecular weight excluding hydrogens is 343 g/mol. The van der Waals surface area contributed by atoms with Crippen molar-refractivity contribution in [2.24, 2.45) is 0 Å². The fourth-order valence-electron chi connectivity index (χ4n) is 3.64. The van der Waals surface area contributed by atoms with E-state index in [2.05, 4.69) is 109 Å². The Morgan fingerprint density at radius 1 is 0.625 bits per heavy atom. The Morgan fingerprint density at radius 3 is 1.25 bits per heavy atom. The van der Waals surface area contributed by atoms with Gasteiger partial charge in [0.2, 0.25) is 7.56 Å². The Kier molecular flexibility index (Phi) is 4.65. The van der Waals surface area contributed by atoms with Crippen molar-refractivity contribution in [3.8, 4) is 0 Å². The average molecular weight is 374 g/mol. The second-order valence-electron chi connectivity index (χ2n) is 8.55. The fraction of sp³-hybridized carbons (Fsp3) is 0.368. The third kappa shape index (κ3) is 2.85. The van der Waals surface area contributed by atoms with Gasteiger partial charge in [-0.15, -0.1) is 0 Å². The summed E-state index contributed by atoms with van der Waals surface area (Å²) in [5.74, 6) is 0. The van der Waals surface area contributed by atoms with Crippen LogP contribution in [0, 0.1) is 0 Å². The van der Waals surface area contributed by atoms with Crippen molar-refractivity contribution >= 4 is 34.6 Å². The molecule has 0 aromatic heterocycles. The van der Waals surface area contributed by atoms with Crippen LogP contribution in [0.1, 0.15) is 0 Å². The molecule has 0 aliphatic carbocycles. The van der Waals surface area contributed by atoms with Gasteiger partial charge in [0.1, 0.15) is 17.3 Å². The molecule has 1 heterocycles. The molecule has 1 aliphatic heterocycles. The Balaban J connectivity index is 2.28. The van der Waals surface area contributed by atoms with Crippen molar-refractivity contribution in [3.05, 3.63) is 60.7 Å². The molecule has 2 aromatic carbocycles. The minimum Gasteiger partial charge on any atom is -0.167 e. The Labute approximate surface area is 150 Å². The van der Waals surface area contributed by atoms with E-state index >= 15 is 0 Å². The lowest BCUT2D eigenvalue weighted by Gasteiger charge is -2.60. The minimum atomic E-state index is -1.65. The van der Waals surface area contributed by atoms with E-state index < -0.39 is 24.0 Å². The van der Waals surface area contributed by atoms with Crippen molar-refractivity contribution in [1.82, 2.24) is 8.67 Å². The highest BCUT2D eigenvalue weighted by Gasteiger charge is 2.69. The molecule has 1 aliphatic rings. The van der Waals surface area contributed by atoms with Crippen LogP contribution in [-0.4, -0.2) is 31.8 Å². The largest absolute Gasteiger partial charge is 0.207 e. The van der Waals surface area contributed by atoms with Crippen LogP contribution in [0.15, 0.2) is 60.7 Å². The molecule has 0 radical (unpaired) electrons. The first-order chi connectivity index (χ1) is 11.2. The number of rotatable bonds is 4. The molecule has 0 unspecified atom stereocenters. The third-order valence-corrected chi connectivity index (χ3v) is 17.2. The van der Waals surface area contributed by atoms with E-state index in [0.717, 1.165) is 6.67 Å². The smallest absolute Gasteiger partial charge is 0.167 e. The van der Waals surface area contributed by atoms with E-state index in [1.807, 2.05) is 0 Å². The molecule has 128 valence electrons. The predicted octanol–water partition coefficient (Wildman–Crippen LogP) is 4.73. The number of benzene rings is 2. The zero-order chi connectivity index (χ0) is 17.6. The molecule has 1 fully saturated rings. The highest BCUT2D eigenvalue weighted by molar-refractivity contribution is 7.89. The highest BCUT2D eigenvalue weighted by atomic mass is 31.2. The van der Waals surface area contributed by atoms with Gasteiger partial charge in [0, 0.05) is 0 Å². The molecule has 0 bridgehead atoms. The number of nitrogens with zero attached hydrogens (tertiary/aromatic N) is 2. The van der Waals surface area contributed by atoms with Crippen LogP contribution in [0.5, 0.6) is 0 Å². The van der Waals surface area contributed by atoms with E-state index in [1.54, 1.807) is 0 Å². The van der Waals surface area contributed by atoms with E-state index in [-0.39, 0.29) is 0 Å². The summed E-state index contributed by atoms with van der Waals surface area (Å²) in [6, 6.07) is 22.6. The normalized spacial score (nSPS) is 19.1. The van der Waals surface area contributed by atoms with Crippen LogP contribution in [-0.2, 0) is 0 Å². The summed E-state index contributed by atoms with van der Waals surface area (Å²) in [6.45, 7) is 16.1. The van der Waals surface area contributed by atoms with Gasteiger partial charge in [0.05, 0.1) is 0 Å². The van der Waals surface area contributed by atoms with Gasteiger partial charge < -0.3 is 0 Å². The van der Waals surface area contributed by atoms with Gasteiger partial charge in [-0.25, -0.2) is 0 Å². The molecule has 1 saturated heterocycles. The minimum absolute atomic E-state index is 1.14. The Bertz CT molecular complexity index is 631. The molecule has 2 nitrogen and oxygen atoms in total. The molecule has 24 heavy (non-hydrogen) atoms. The Morgan fingerprint density at radius 2 is 0.958 bits per heavy atom. The van der Waals surface area contributed by atoms with Crippen LogP contribution >= 0.6 is 7.56 Å². The molecule has 2 aromatic rings. The number of hydrogen-bond donors (Lipinski definition) is 0. The van der Waals surface area contributed by atoms with Crippen LogP contribution < -0.4 is 10.6 Å². The summed E-state index contributed by atoms with van der Waals surface area (Å²) in [5, 5.41) is 3.04. The quantitative estimate of drug-likeness (QED) is 0.565. The van der Waals surface area contributed by atoms with E-state index in [9.17, 15) is 0 Å². The molecular formula is C19H30N2PSi2+. The van der Waals surface area contributed by atoms with Crippen LogP contribution in [0.4, 0.5) is 0 Å². The van der Waals surface area contributed by atoms with Gasteiger partial charge in [0.15, 0.2) is 16.5 Å². The lowest BCUT2D eigenvalue weighted by Crippen LogP contribution is -2.72. The lowest BCUT2D eigenvalue weighted by atomic mass is 10.4. The van der Waals surface area contributed by atoms with Gasteiger partial charge in [-0.05, 0) is 24.3 Å². The van der Waals surface area contributed by atoms with E-state index in [4.69, 9.17) is 0 Å². The van der Waals surface area contributed by atoms with E-state index in [0.29, 0.717) is 0 Å². The van der Waals surface area contributed by atoms with Gasteiger partial charge in [-0.2, -0.15) is 8.67 Å². The molecule has 3 rings (SSSR count). The molecule has 5 heteroatoms. The maximum Gasteiger partial charge on any atom is 0.207 e. The molecule has 0 spiro atoms. The first-order valence-corrected chi connectivity index (χ1v) is 17.3. The van der Waals surface area contributed by atoms with Gasteiger partial charge >= 0.3 is 0 Å². The zero-order valence-electron chi connectivity index (χ0n) is 15.8. The standard InChI is InChI=1S/C19H30N2PSi2/c1-23(2,3)20-17-21(24(4,5)6)22(20,18-13-9-7-10-14-18)19-15-11-8-12-16-19/h7-16H,17H2,1-6H3/q+1. The summed E-state index contributed by atoms with van der Waals surface area (Å²) in [6.07, 6.45) is 0. The first-order valence-electron chi connectivity index (χ1n) is 8.75. The van der Waals surface area contributed by atoms with Crippen molar-refractivity contribution in [2.45, 2.75) is 39.3 Å². The molecule has 0 saturated carbocycles. The lowest BCUT2D eigenvalue weighted by molar-refractivity contribution is 0.403. The van der Waals surface area contributed by atoms with Crippen molar-refractivity contribution < 1.29 is 0 Å². The summed E-state index contributed by atoms with van der Waals surface area (Å²) >= 11 is 0. The SMILES string of the molecule is C[Si](C)(C)N1CN([Si](C)(C)C)[P+]1(c1ccccc1)c1ccccc1. The van der Waals surface area contributed by atoms with Gasteiger partial charge in [-0.1, -0.05) is 75.7 Å². The first kappa shape index (κ1) is 18.0. The number of hydrogen-bond acceptors (Lipinski definition) is 2. The van der Waals surface area contributed by atoms with Crippen LogP contribution in [0.25, 0.3) is 0 Å². The summed E-state index contributed by atoms with van der Waals surface area (Å²) in [5.41, 5.74) is 0. The van der Waals surface area contributed by atoms with Crippen molar-refractivity contribution in [2.75, 3.05) is 6.67 Å². The van der Waals surface area contributed by atoms with Crippen LogP contribution in [0.2, 0.25) is 39.3 Å². The third-order valence-electron chi connectivity index (χ3n) is 4.75. The Hall–Kier alpha value is -0.776. The fourth-order valence-corrected chi connectivity index (χ4v) is 17.7. The summed E-state index contributed by atoms with van der Waals surface area (Å²) in [4.78, 5) is 0. The molecule has 0 atom stereocenters. The average Bonchev–Trinajstić information content (AvgIpc) is 2.46. The highest BCUT2D eigenvalue weighted by Crippen LogP contribution is 2.72. The summed E-state index contributed by atoms with van der Waals surface area (Å²) in [7, 11) is -4.51. The topological polar surface area (TPSA) is 6.48 Å². The zero-order valence-corrected chi connectivity index (χ0v) is 18.7. The molecule has 0 amide bonds. The van der Waals surface area contributed by atoms with Crippen molar-refractivity contribution in [1.29, 1.82) is 0 Å². The predicted molar refractivity (Wildman–Crippen MR) is 114 cm³/mol. The van der Waals surface area contributed by atoms with Crippen molar-refractivity contribution in [3.63, 3.8) is 0 Å². The van der Waals surface area contributed by atoms with Gasteiger partial charge in [-0.3, -0.25) is 0 Å². The monoisotopic (exact) mass is 373 g/mol. The molecule has 0 N–H and O–H groups in total. The van der Waals surface area contributed by atoms with E-state index in [1.165, 1.54) is 10.6 Å². The maximum absolute atomic E-state index is 2.91. The second kappa shape index (κ2) is 6.19. The second-order valence-corrected chi connectivity index (χ2v) is 22.3. The van der Waals surface area contributed by atoms with Crippen LogP contribution in [0.3, 0.4) is 0 Å². The maximum atomic E-state index is 2.91.